The Balaban J connectivity index is 5.12. The standard InChI is InChI=1S/C10H13F9S/c1-7(11,10(17,18)19)4-6(9(14,15)16)5-8(12,13)2-3-20/h6,20H,2-5H2,1H3. The molecule has 0 spiro atoms. The summed E-state index contributed by atoms with van der Waals surface area (Å²) >= 11 is 3.43. The summed E-state index contributed by atoms with van der Waals surface area (Å²) in [6.45, 7) is -0.0947. The molecule has 0 saturated heterocycles. The predicted molar refractivity (Wildman–Crippen MR) is 57.8 cm³/mol. The molecule has 20 heavy (non-hydrogen) atoms. The highest BCUT2D eigenvalue weighted by Crippen LogP contribution is 2.46. The molecule has 0 radical (unpaired) electrons. The van der Waals surface area contributed by atoms with E-state index in [9.17, 15) is 39.5 Å². The van der Waals surface area contributed by atoms with E-state index in [0.717, 1.165) is 0 Å². The Bertz CT molecular complexity index is 305. The fourth-order valence-corrected chi connectivity index (χ4v) is 1.84. The van der Waals surface area contributed by atoms with Crippen LogP contribution in [-0.2, 0) is 0 Å². The van der Waals surface area contributed by atoms with Gasteiger partial charge in [-0.25, -0.2) is 13.2 Å². The minimum absolute atomic E-state index is 0.0947. The summed E-state index contributed by atoms with van der Waals surface area (Å²) in [5.41, 5.74) is -4.19. The van der Waals surface area contributed by atoms with Gasteiger partial charge in [0.25, 0.3) is 0 Å². The maximum Gasteiger partial charge on any atom is 0.422 e. The van der Waals surface area contributed by atoms with Gasteiger partial charge in [-0.2, -0.15) is 39.0 Å². The summed E-state index contributed by atoms with van der Waals surface area (Å²) in [5.74, 6) is -7.39. The number of alkyl halides is 9. The predicted octanol–water partition coefficient (Wildman–Crippen LogP) is 5.19. The van der Waals surface area contributed by atoms with Gasteiger partial charge in [-0.3, -0.25) is 0 Å². The van der Waals surface area contributed by atoms with Gasteiger partial charge in [0.1, 0.15) is 0 Å². The molecule has 0 rings (SSSR count). The zero-order chi connectivity index (χ0) is 16.4. The van der Waals surface area contributed by atoms with Gasteiger partial charge in [-0.05, 0) is 12.7 Å². The second kappa shape index (κ2) is 6.23. The van der Waals surface area contributed by atoms with Gasteiger partial charge in [-0.15, -0.1) is 0 Å². The first-order valence-electron chi connectivity index (χ1n) is 5.43. The van der Waals surface area contributed by atoms with E-state index in [1.807, 2.05) is 0 Å². The molecule has 0 aliphatic carbocycles. The van der Waals surface area contributed by atoms with Gasteiger partial charge in [0.05, 0.1) is 5.92 Å². The van der Waals surface area contributed by atoms with Crippen LogP contribution in [0.3, 0.4) is 0 Å². The SMILES string of the molecule is CC(F)(CC(CC(F)(F)CCS)C(F)(F)F)C(F)(F)F. The smallest absolute Gasteiger partial charge is 0.234 e. The van der Waals surface area contributed by atoms with Crippen molar-refractivity contribution >= 4 is 12.6 Å². The molecule has 0 amide bonds. The lowest BCUT2D eigenvalue weighted by molar-refractivity contribution is -0.254. The lowest BCUT2D eigenvalue weighted by Crippen LogP contribution is -2.43. The molecule has 0 fully saturated rings. The minimum Gasteiger partial charge on any atom is -0.234 e. The molecule has 0 aliphatic rings. The molecule has 0 saturated carbocycles. The highest BCUT2D eigenvalue weighted by molar-refractivity contribution is 7.80. The van der Waals surface area contributed by atoms with Crippen molar-refractivity contribution < 1.29 is 39.5 Å². The minimum atomic E-state index is -5.56. The Morgan fingerprint density at radius 3 is 1.60 bits per heavy atom. The number of hydrogen-bond acceptors (Lipinski definition) is 1. The molecule has 2 atom stereocenters. The average Bonchev–Trinajstić information content (AvgIpc) is 2.11. The van der Waals surface area contributed by atoms with Crippen LogP contribution < -0.4 is 0 Å². The first-order valence-corrected chi connectivity index (χ1v) is 6.07. The summed E-state index contributed by atoms with van der Waals surface area (Å²) in [6.07, 6.45) is -15.9. The van der Waals surface area contributed by atoms with Gasteiger partial charge in [0.2, 0.25) is 11.6 Å². The Labute approximate surface area is 115 Å². The molecule has 0 bridgehead atoms. The van der Waals surface area contributed by atoms with Crippen molar-refractivity contribution in [3.05, 3.63) is 0 Å². The second-order valence-corrected chi connectivity index (χ2v) is 5.12. The second-order valence-electron chi connectivity index (χ2n) is 4.67. The normalized spacial score (nSPS) is 18.8. The Hall–Kier alpha value is -0.280. The van der Waals surface area contributed by atoms with E-state index < -0.39 is 54.9 Å². The van der Waals surface area contributed by atoms with Crippen molar-refractivity contribution in [1.29, 1.82) is 0 Å². The summed E-state index contributed by atoms with van der Waals surface area (Å²) < 4.78 is 114. The molecular formula is C10H13F9S. The van der Waals surface area contributed by atoms with Crippen molar-refractivity contribution in [1.82, 2.24) is 0 Å². The van der Waals surface area contributed by atoms with E-state index in [4.69, 9.17) is 0 Å². The van der Waals surface area contributed by atoms with Crippen LogP contribution in [0.5, 0.6) is 0 Å². The maximum absolute atomic E-state index is 13.3. The van der Waals surface area contributed by atoms with E-state index in [-0.39, 0.29) is 6.92 Å². The van der Waals surface area contributed by atoms with Crippen molar-refractivity contribution in [3.8, 4) is 0 Å². The summed E-state index contributed by atoms with van der Waals surface area (Å²) in [6, 6.07) is 0. The van der Waals surface area contributed by atoms with E-state index in [0.29, 0.717) is 0 Å². The Kier molecular flexibility index (Phi) is 6.14. The first-order chi connectivity index (χ1) is 8.62. The van der Waals surface area contributed by atoms with E-state index in [1.165, 1.54) is 0 Å². The molecular weight excluding hydrogens is 323 g/mol. The van der Waals surface area contributed by atoms with Crippen LogP contribution in [0.2, 0.25) is 0 Å². The quantitative estimate of drug-likeness (QED) is 0.501. The van der Waals surface area contributed by atoms with Gasteiger partial charge >= 0.3 is 12.4 Å². The monoisotopic (exact) mass is 336 g/mol. The van der Waals surface area contributed by atoms with Gasteiger partial charge in [0, 0.05) is 19.3 Å². The van der Waals surface area contributed by atoms with E-state index in [1.54, 1.807) is 0 Å². The third kappa shape index (κ3) is 6.01. The molecule has 0 aromatic carbocycles. The third-order valence-corrected chi connectivity index (χ3v) is 2.93. The third-order valence-electron chi connectivity index (χ3n) is 2.71. The van der Waals surface area contributed by atoms with Crippen LogP contribution in [0.4, 0.5) is 39.5 Å². The number of thiol groups is 1. The lowest BCUT2D eigenvalue weighted by Gasteiger charge is -2.31. The number of halogens is 9. The fourth-order valence-electron chi connectivity index (χ4n) is 1.51. The van der Waals surface area contributed by atoms with Crippen LogP contribution in [0.1, 0.15) is 26.2 Å². The van der Waals surface area contributed by atoms with Crippen LogP contribution in [0, 0.1) is 5.92 Å². The summed E-state index contributed by atoms with van der Waals surface area (Å²) in [7, 11) is 0. The van der Waals surface area contributed by atoms with Crippen molar-refractivity contribution in [2.45, 2.75) is 50.1 Å². The topological polar surface area (TPSA) is 0 Å². The number of hydrogen-bond donors (Lipinski definition) is 1. The van der Waals surface area contributed by atoms with Crippen LogP contribution >= 0.6 is 12.6 Å². The molecule has 0 heterocycles. The van der Waals surface area contributed by atoms with Crippen LogP contribution in [0.15, 0.2) is 0 Å². The fraction of sp³-hybridized carbons (Fsp3) is 1.00. The molecule has 0 aliphatic heterocycles. The zero-order valence-corrected chi connectivity index (χ0v) is 11.1. The van der Waals surface area contributed by atoms with Crippen molar-refractivity contribution in [2.24, 2.45) is 5.92 Å². The van der Waals surface area contributed by atoms with Crippen LogP contribution in [0.25, 0.3) is 0 Å². The van der Waals surface area contributed by atoms with Crippen molar-refractivity contribution in [3.63, 3.8) is 0 Å². The molecule has 0 nitrogen and oxygen atoms in total. The molecule has 10 heteroatoms. The lowest BCUT2D eigenvalue weighted by atomic mass is 9.87. The molecule has 0 N–H and O–H groups in total. The molecule has 2 unspecified atom stereocenters. The molecule has 0 aromatic rings. The zero-order valence-electron chi connectivity index (χ0n) is 10.3. The number of rotatable bonds is 6. The van der Waals surface area contributed by atoms with Crippen molar-refractivity contribution in [2.75, 3.05) is 5.75 Å². The summed E-state index contributed by atoms with van der Waals surface area (Å²) in [5, 5.41) is 0. The highest BCUT2D eigenvalue weighted by Gasteiger charge is 2.57. The average molecular weight is 336 g/mol. The Morgan fingerprint density at radius 2 is 1.30 bits per heavy atom. The summed E-state index contributed by atoms with van der Waals surface area (Å²) in [4.78, 5) is 0. The molecule has 0 aromatic heterocycles. The highest BCUT2D eigenvalue weighted by atomic mass is 32.1. The largest absolute Gasteiger partial charge is 0.422 e. The molecule has 122 valence electrons. The van der Waals surface area contributed by atoms with Gasteiger partial charge < -0.3 is 0 Å². The maximum atomic E-state index is 13.3. The Morgan fingerprint density at radius 1 is 0.850 bits per heavy atom. The van der Waals surface area contributed by atoms with Gasteiger partial charge in [-0.1, -0.05) is 0 Å². The first kappa shape index (κ1) is 19.7. The van der Waals surface area contributed by atoms with Crippen LogP contribution in [-0.4, -0.2) is 29.7 Å². The van der Waals surface area contributed by atoms with Gasteiger partial charge in [0.15, 0.2) is 0 Å². The van der Waals surface area contributed by atoms with E-state index in [2.05, 4.69) is 12.6 Å². The van der Waals surface area contributed by atoms with E-state index >= 15 is 0 Å².